The summed E-state index contributed by atoms with van der Waals surface area (Å²) in [5.41, 5.74) is 6.95. The average Bonchev–Trinajstić information content (AvgIpc) is 2.97. The third-order valence-electron chi connectivity index (χ3n) is 10.4. The topological polar surface area (TPSA) is 40.6 Å². The molecule has 8 rings (SSSR count). The Bertz CT molecular complexity index is 1530. The summed E-state index contributed by atoms with van der Waals surface area (Å²) in [4.78, 5) is 34.3. The molecule has 0 spiro atoms. The lowest BCUT2D eigenvalue weighted by Crippen LogP contribution is -2.61. The van der Waals surface area contributed by atoms with Gasteiger partial charge in [0.15, 0.2) is 0 Å². The SMILES string of the molecule is Cc1cccc(N(C(=O)C23CC4CC(C2)CC(C(=O)N(c2cccc(C)c2)c2cccc(C)c2)(C4)C3)c2cccc(C)c2)c1. The standard InChI is InChI=1S/C40H42N2O2/c1-27-9-5-13-33(17-27)41(34-14-6-10-28(2)18-34)37(43)39-22-31-21-32(23-39)25-40(24-31,26-39)38(44)42(35-15-7-11-29(3)19-35)36-16-8-12-30(4)20-36/h5-20,31-32H,21-26H2,1-4H3. The van der Waals surface area contributed by atoms with E-state index in [0.29, 0.717) is 18.3 Å². The molecule has 0 aromatic heterocycles. The number of benzene rings is 4. The second-order valence-electron chi connectivity index (χ2n) is 14.2. The molecule has 4 heteroatoms. The Hall–Kier alpha value is -4.18. The number of anilines is 4. The molecule has 224 valence electrons. The van der Waals surface area contributed by atoms with Crippen LogP contribution in [0.15, 0.2) is 97.1 Å². The number of hydrogen-bond donors (Lipinski definition) is 0. The van der Waals surface area contributed by atoms with Crippen molar-refractivity contribution in [2.24, 2.45) is 22.7 Å². The molecule has 0 saturated heterocycles. The van der Waals surface area contributed by atoms with Gasteiger partial charge >= 0.3 is 0 Å². The third kappa shape index (κ3) is 4.95. The van der Waals surface area contributed by atoms with E-state index in [2.05, 4.69) is 76.2 Å². The highest BCUT2D eigenvalue weighted by Gasteiger charge is 2.64. The van der Waals surface area contributed by atoms with Crippen molar-refractivity contribution in [2.75, 3.05) is 9.80 Å². The lowest BCUT2D eigenvalue weighted by Gasteiger charge is -2.61. The van der Waals surface area contributed by atoms with Gasteiger partial charge in [-0.25, -0.2) is 0 Å². The zero-order chi connectivity index (χ0) is 30.6. The molecule has 44 heavy (non-hydrogen) atoms. The van der Waals surface area contributed by atoms with Gasteiger partial charge in [-0.2, -0.15) is 0 Å². The lowest BCUT2D eigenvalue weighted by atomic mass is 9.43. The van der Waals surface area contributed by atoms with E-state index < -0.39 is 10.8 Å². The first-order valence-electron chi connectivity index (χ1n) is 16.1. The van der Waals surface area contributed by atoms with Crippen molar-refractivity contribution in [1.82, 2.24) is 0 Å². The van der Waals surface area contributed by atoms with Gasteiger partial charge in [0.1, 0.15) is 0 Å². The molecule has 0 atom stereocenters. The number of nitrogens with zero attached hydrogens (tertiary/aromatic N) is 2. The van der Waals surface area contributed by atoms with E-state index >= 15 is 9.59 Å². The summed E-state index contributed by atoms with van der Waals surface area (Å²) in [7, 11) is 0. The lowest BCUT2D eigenvalue weighted by molar-refractivity contribution is -0.163. The maximum Gasteiger partial charge on any atom is 0.237 e. The molecule has 2 amide bonds. The minimum absolute atomic E-state index is 0.151. The smallest absolute Gasteiger partial charge is 0.237 e. The second-order valence-corrected chi connectivity index (χ2v) is 14.2. The van der Waals surface area contributed by atoms with Gasteiger partial charge in [0.05, 0.1) is 10.8 Å². The number of rotatable bonds is 6. The molecule has 4 aliphatic rings. The molecule has 4 aromatic carbocycles. The minimum atomic E-state index is -0.571. The van der Waals surface area contributed by atoms with E-state index in [1.165, 1.54) is 0 Å². The normalized spacial score (nSPS) is 25.1. The third-order valence-corrected chi connectivity index (χ3v) is 10.4. The predicted octanol–water partition coefficient (Wildman–Crippen LogP) is 9.54. The highest BCUT2D eigenvalue weighted by atomic mass is 16.2. The van der Waals surface area contributed by atoms with Gasteiger partial charge in [-0.15, -0.1) is 0 Å². The number of carbonyl (C=O) groups is 2. The zero-order valence-electron chi connectivity index (χ0n) is 26.3. The average molecular weight is 583 g/mol. The Morgan fingerprint density at radius 1 is 0.523 bits per heavy atom. The first kappa shape index (κ1) is 28.6. The van der Waals surface area contributed by atoms with E-state index in [4.69, 9.17) is 0 Å². The molecule has 4 fully saturated rings. The second kappa shape index (κ2) is 10.8. The summed E-state index contributed by atoms with van der Waals surface area (Å²) in [6.45, 7) is 8.30. The van der Waals surface area contributed by atoms with E-state index in [0.717, 1.165) is 77.1 Å². The molecule has 4 aromatic rings. The highest BCUT2D eigenvalue weighted by Crippen LogP contribution is 2.67. The highest BCUT2D eigenvalue weighted by molar-refractivity contribution is 6.07. The first-order valence-corrected chi connectivity index (χ1v) is 16.1. The van der Waals surface area contributed by atoms with E-state index in [9.17, 15) is 0 Å². The quantitative estimate of drug-likeness (QED) is 0.227. The number of aryl methyl sites for hydroxylation is 4. The number of amides is 2. The zero-order valence-corrected chi connectivity index (χ0v) is 26.3. The van der Waals surface area contributed by atoms with Crippen molar-refractivity contribution in [3.63, 3.8) is 0 Å². The van der Waals surface area contributed by atoms with Gasteiger partial charge < -0.3 is 0 Å². The van der Waals surface area contributed by atoms with Crippen LogP contribution in [0.25, 0.3) is 0 Å². The van der Waals surface area contributed by atoms with Crippen molar-refractivity contribution >= 4 is 34.6 Å². The Morgan fingerprint density at radius 3 is 1.09 bits per heavy atom. The van der Waals surface area contributed by atoms with E-state index in [1.807, 2.05) is 58.3 Å². The fraction of sp³-hybridized carbons (Fsp3) is 0.350. The molecular weight excluding hydrogens is 540 g/mol. The van der Waals surface area contributed by atoms with Gasteiger partial charge in [-0.3, -0.25) is 19.4 Å². The van der Waals surface area contributed by atoms with Crippen molar-refractivity contribution in [3.8, 4) is 0 Å². The number of hydrogen-bond acceptors (Lipinski definition) is 2. The summed E-state index contributed by atoms with van der Waals surface area (Å²) in [6.07, 6.45) is 5.17. The fourth-order valence-corrected chi connectivity index (χ4v) is 9.07. The monoisotopic (exact) mass is 582 g/mol. The summed E-state index contributed by atoms with van der Waals surface area (Å²) in [5, 5.41) is 0. The molecule has 4 nitrogen and oxygen atoms in total. The molecule has 0 heterocycles. The molecule has 0 aliphatic heterocycles. The Morgan fingerprint density at radius 2 is 0.818 bits per heavy atom. The van der Waals surface area contributed by atoms with Crippen LogP contribution in [-0.4, -0.2) is 11.8 Å². The molecule has 0 N–H and O–H groups in total. The molecule has 4 saturated carbocycles. The summed E-state index contributed by atoms with van der Waals surface area (Å²) in [6, 6.07) is 33.1. The maximum absolute atomic E-state index is 15.2. The van der Waals surface area contributed by atoms with E-state index in [-0.39, 0.29) is 11.8 Å². The van der Waals surface area contributed by atoms with Crippen molar-refractivity contribution in [1.29, 1.82) is 0 Å². The van der Waals surface area contributed by atoms with Crippen LogP contribution in [0.4, 0.5) is 22.7 Å². The van der Waals surface area contributed by atoms with Gasteiger partial charge in [-0.1, -0.05) is 48.5 Å². The van der Waals surface area contributed by atoms with Crippen LogP contribution in [0.3, 0.4) is 0 Å². The fourth-order valence-electron chi connectivity index (χ4n) is 9.07. The van der Waals surface area contributed by atoms with Crippen LogP contribution in [0.5, 0.6) is 0 Å². The molecule has 4 bridgehead atoms. The van der Waals surface area contributed by atoms with Crippen LogP contribution >= 0.6 is 0 Å². The Balaban J connectivity index is 1.32. The number of carbonyl (C=O) groups excluding carboxylic acids is 2. The maximum atomic E-state index is 15.2. The van der Waals surface area contributed by atoms with Gasteiger partial charge in [0.25, 0.3) is 0 Å². The predicted molar refractivity (Wildman–Crippen MR) is 179 cm³/mol. The molecule has 0 unspecified atom stereocenters. The van der Waals surface area contributed by atoms with Crippen LogP contribution in [0, 0.1) is 50.4 Å². The summed E-state index contributed by atoms with van der Waals surface area (Å²) in [5.74, 6) is 1.05. The molecule has 4 aliphatic carbocycles. The van der Waals surface area contributed by atoms with Crippen LogP contribution < -0.4 is 9.80 Å². The van der Waals surface area contributed by atoms with E-state index in [1.54, 1.807) is 0 Å². The minimum Gasteiger partial charge on any atom is -0.281 e. The van der Waals surface area contributed by atoms with Gasteiger partial charge in [0.2, 0.25) is 11.8 Å². The summed E-state index contributed by atoms with van der Waals surface area (Å²) >= 11 is 0. The largest absolute Gasteiger partial charge is 0.281 e. The van der Waals surface area contributed by atoms with Crippen LogP contribution in [0.1, 0.15) is 60.8 Å². The van der Waals surface area contributed by atoms with Crippen LogP contribution in [-0.2, 0) is 9.59 Å². The Kier molecular flexibility index (Phi) is 6.99. The molecule has 0 radical (unpaired) electrons. The van der Waals surface area contributed by atoms with Gasteiger partial charge in [-0.05, 0) is 149 Å². The molecular formula is C40H42N2O2. The van der Waals surface area contributed by atoms with Crippen molar-refractivity contribution < 1.29 is 9.59 Å². The van der Waals surface area contributed by atoms with Crippen molar-refractivity contribution in [3.05, 3.63) is 119 Å². The summed E-state index contributed by atoms with van der Waals surface area (Å²) < 4.78 is 0. The van der Waals surface area contributed by atoms with Gasteiger partial charge in [0, 0.05) is 22.7 Å². The van der Waals surface area contributed by atoms with Crippen LogP contribution in [0.2, 0.25) is 0 Å². The first-order chi connectivity index (χ1) is 21.1. The van der Waals surface area contributed by atoms with Crippen molar-refractivity contribution in [2.45, 2.75) is 66.2 Å². The Labute approximate surface area is 261 Å².